The summed E-state index contributed by atoms with van der Waals surface area (Å²) in [7, 11) is 0. The average Bonchev–Trinajstić information content (AvgIpc) is 3.34. The Balaban J connectivity index is 1.70. The molecule has 0 fully saturated rings. The summed E-state index contributed by atoms with van der Waals surface area (Å²) in [5, 5.41) is 0.748. The van der Waals surface area contributed by atoms with Gasteiger partial charge in [0.05, 0.1) is 5.41 Å². The molecule has 0 heterocycles. The summed E-state index contributed by atoms with van der Waals surface area (Å²) in [6.07, 6.45) is 0. The molecule has 46 heavy (non-hydrogen) atoms. The van der Waals surface area contributed by atoms with Crippen molar-refractivity contribution in [2.24, 2.45) is 0 Å². The Morgan fingerprint density at radius 2 is 0.935 bits per heavy atom. The lowest BCUT2D eigenvalue weighted by Crippen LogP contribution is -2.29. The molecule has 6 aromatic carbocycles. The van der Waals surface area contributed by atoms with Crippen LogP contribution in [-0.4, -0.2) is 0 Å². The van der Waals surface area contributed by atoms with Crippen molar-refractivity contribution < 1.29 is 0 Å². The van der Waals surface area contributed by atoms with Gasteiger partial charge in [0.2, 0.25) is 0 Å². The number of benzene rings is 6. The number of hydrogen-bond acceptors (Lipinski definition) is 0. The van der Waals surface area contributed by atoms with Gasteiger partial charge in [0, 0.05) is 5.02 Å². The number of hydrogen-bond donors (Lipinski definition) is 0. The second-order valence-corrected chi connectivity index (χ2v) is 15.2. The van der Waals surface area contributed by atoms with Crippen molar-refractivity contribution in [1.82, 2.24) is 0 Å². The normalized spacial score (nSPS) is 13.7. The van der Waals surface area contributed by atoms with E-state index < -0.39 is 5.41 Å². The summed E-state index contributed by atoms with van der Waals surface area (Å²) < 4.78 is 0. The SMILES string of the molecule is CC(C)(C)c1cc(-c2cc(-c3ccccc3)cc3c2C(c2ccccc2)(c2ccccc2)c2cc(Cl)ccc2-3)cc(C(C)(C)C)c1. The molecule has 0 aliphatic heterocycles. The van der Waals surface area contributed by atoms with E-state index in [1.54, 1.807) is 0 Å². The third-order valence-electron chi connectivity index (χ3n) is 9.69. The lowest BCUT2D eigenvalue weighted by Gasteiger charge is -2.36. The maximum atomic E-state index is 6.89. The maximum Gasteiger partial charge on any atom is 0.0720 e. The predicted octanol–water partition coefficient (Wildman–Crippen LogP) is 12.6. The Kier molecular flexibility index (Phi) is 7.33. The minimum Gasteiger partial charge on any atom is -0.0843 e. The van der Waals surface area contributed by atoms with Crippen LogP contribution in [0.15, 0.2) is 140 Å². The van der Waals surface area contributed by atoms with Crippen LogP contribution in [0.4, 0.5) is 0 Å². The molecule has 0 atom stereocenters. The molecule has 1 heteroatoms. The summed E-state index contributed by atoms with van der Waals surface area (Å²) in [5.41, 5.74) is 14.5. The first-order valence-electron chi connectivity index (χ1n) is 16.3. The van der Waals surface area contributed by atoms with E-state index in [1.807, 2.05) is 6.07 Å². The van der Waals surface area contributed by atoms with Crippen LogP contribution in [0.1, 0.15) is 74.9 Å². The second kappa shape index (κ2) is 11.1. The van der Waals surface area contributed by atoms with Gasteiger partial charge in [0.15, 0.2) is 0 Å². The maximum absolute atomic E-state index is 6.89. The number of rotatable bonds is 4. The van der Waals surface area contributed by atoms with Crippen molar-refractivity contribution in [2.75, 3.05) is 0 Å². The van der Waals surface area contributed by atoms with Crippen LogP contribution < -0.4 is 0 Å². The van der Waals surface area contributed by atoms with Gasteiger partial charge in [0.25, 0.3) is 0 Å². The first-order valence-corrected chi connectivity index (χ1v) is 16.7. The summed E-state index contributed by atoms with van der Waals surface area (Å²) >= 11 is 6.89. The lowest BCUT2D eigenvalue weighted by molar-refractivity contribution is 0.569. The van der Waals surface area contributed by atoms with Crippen LogP contribution in [0.2, 0.25) is 5.02 Å². The first-order chi connectivity index (χ1) is 22.0. The van der Waals surface area contributed by atoms with Crippen LogP contribution in [0.25, 0.3) is 33.4 Å². The van der Waals surface area contributed by atoms with Gasteiger partial charge in [-0.2, -0.15) is 0 Å². The topological polar surface area (TPSA) is 0 Å². The Hall–Kier alpha value is -4.39. The number of fused-ring (bicyclic) bond motifs is 3. The quantitative estimate of drug-likeness (QED) is 0.184. The minimum absolute atomic E-state index is 0.0112. The van der Waals surface area contributed by atoms with Crippen LogP contribution in [-0.2, 0) is 16.2 Å². The highest BCUT2D eigenvalue weighted by molar-refractivity contribution is 6.30. The smallest absolute Gasteiger partial charge is 0.0720 e. The zero-order chi connectivity index (χ0) is 32.3. The van der Waals surface area contributed by atoms with Gasteiger partial charge in [-0.25, -0.2) is 0 Å². The zero-order valence-electron chi connectivity index (χ0n) is 27.7. The van der Waals surface area contributed by atoms with Gasteiger partial charge < -0.3 is 0 Å². The summed E-state index contributed by atoms with van der Waals surface area (Å²) in [5.74, 6) is 0. The zero-order valence-corrected chi connectivity index (χ0v) is 28.4. The molecule has 0 radical (unpaired) electrons. The van der Waals surface area contributed by atoms with Crippen molar-refractivity contribution >= 4 is 11.6 Å². The van der Waals surface area contributed by atoms with Crippen LogP contribution >= 0.6 is 11.6 Å². The largest absolute Gasteiger partial charge is 0.0843 e. The third-order valence-corrected chi connectivity index (χ3v) is 9.92. The molecule has 0 bridgehead atoms. The molecule has 1 aliphatic carbocycles. The number of halogens is 1. The van der Waals surface area contributed by atoms with E-state index in [2.05, 4.69) is 175 Å². The molecule has 0 nitrogen and oxygen atoms in total. The lowest BCUT2D eigenvalue weighted by atomic mass is 9.65. The van der Waals surface area contributed by atoms with Crippen molar-refractivity contribution in [3.8, 4) is 33.4 Å². The second-order valence-electron chi connectivity index (χ2n) is 14.8. The van der Waals surface area contributed by atoms with Gasteiger partial charge in [-0.3, -0.25) is 0 Å². The predicted molar refractivity (Wildman–Crippen MR) is 197 cm³/mol. The molecule has 228 valence electrons. The summed E-state index contributed by atoms with van der Waals surface area (Å²) in [6.45, 7) is 13.9. The monoisotopic (exact) mass is 616 g/mol. The van der Waals surface area contributed by atoms with E-state index in [9.17, 15) is 0 Å². The van der Waals surface area contributed by atoms with Crippen molar-refractivity contribution in [1.29, 1.82) is 0 Å². The van der Waals surface area contributed by atoms with E-state index >= 15 is 0 Å². The van der Waals surface area contributed by atoms with Crippen LogP contribution in [0.5, 0.6) is 0 Å². The van der Waals surface area contributed by atoms with E-state index in [4.69, 9.17) is 11.6 Å². The standard InChI is InChI=1S/C45H41Cl/c1-43(2,3)35-24-32(25-36(28-35)44(4,5)6)39-26-31(30-16-10-7-11-17-30)27-40-38-23-22-37(46)29-41(38)45(42(39)40,33-18-12-8-13-19-33)34-20-14-9-15-21-34/h7-29H,1-6H3. The molecule has 0 amide bonds. The highest BCUT2D eigenvalue weighted by Crippen LogP contribution is 2.60. The van der Waals surface area contributed by atoms with Gasteiger partial charge in [-0.1, -0.05) is 168 Å². The molecule has 0 aromatic heterocycles. The highest BCUT2D eigenvalue weighted by Gasteiger charge is 2.48. The molecule has 0 spiro atoms. The Labute approximate surface area is 279 Å². The molecule has 0 saturated heterocycles. The Bertz CT molecular complexity index is 1970. The van der Waals surface area contributed by atoms with E-state index in [1.165, 1.54) is 66.8 Å². The van der Waals surface area contributed by atoms with Crippen LogP contribution in [0.3, 0.4) is 0 Å². The van der Waals surface area contributed by atoms with Gasteiger partial charge >= 0.3 is 0 Å². The molecule has 0 N–H and O–H groups in total. The fraction of sp³-hybridized carbons (Fsp3) is 0.200. The van der Waals surface area contributed by atoms with Gasteiger partial charge in [-0.05, 0) is 102 Å². The third kappa shape index (κ3) is 5.01. The average molecular weight is 617 g/mol. The molecule has 0 unspecified atom stereocenters. The molecule has 0 saturated carbocycles. The van der Waals surface area contributed by atoms with E-state index in [0.717, 1.165) is 5.02 Å². The van der Waals surface area contributed by atoms with Crippen molar-refractivity contribution in [2.45, 2.75) is 57.8 Å². The molecule has 7 rings (SSSR count). The molecule has 1 aliphatic rings. The molecular weight excluding hydrogens is 576 g/mol. The van der Waals surface area contributed by atoms with Gasteiger partial charge in [-0.15, -0.1) is 0 Å². The van der Waals surface area contributed by atoms with Crippen LogP contribution in [0, 0.1) is 0 Å². The van der Waals surface area contributed by atoms with Crippen molar-refractivity contribution in [3.63, 3.8) is 0 Å². The van der Waals surface area contributed by atoms with E-state index in [-0.39, 0.29) is 10.8 Å². The first kappa shape index (κ1) is 30.3. The fourth-order valence-electron chi connectivity index (χ4n) is 7.27. The highest BCUT2D eigenvalue weighted by atomic mass is 35.5. The Morgan fingerprint density at radius 1 is 0.435 bits per heavy atom. The van der Waals surface area contributed by atoms with E-state index in [0.29, 0.717) is 0 Å². The molecule has 6 aromatic rings. The minimum atomic E-state index is -0.567. The Morgan fingerprint density at radius 3 is 1.46 bits per heavy atom. The molecular formula is C45H41Cl. The summed E-state index contributed by atoms with van der Waals surface area (Å²) in [6, 6.07) is 51.4. The van der Waals surface area contributed by atoms with Crippen molar-refractivity contribution in [3.05, 3.63) is 178 Å². The van der Waals surface area contributed by atoms with Gasteiger partial charge in [0.1, 0.15) is 0 Å². The summed E-state index contributed by atoms with van der Waals surface area (Å²) in [4.78, 5) is 0. The fourth-order valence-corrected chi connectivity index (χ4v) is 7.44.